The Balaban J connectivity index is 2.57. The Bertz CT molecular complexity index is 270. The van der Waals surface area contributed by atoms with Gasteiger partial charge >= 0.3 is 5.97 Å². The molecule has 0 spiro atoms. The molecule has 1 rings (SSSR count). The molecular formula is C5H9NO4S. The largest absolute Gasteiger partial charge is 0.468 e. The van der Waals surface area contributed by atoms with Crippen LogP contribution in [0, 0.1) is 0 Å². The fourth-order valence-electron chi connectivity index (χ4n) is 0.818. The zero-order chi connectivity index (χ0) is 8.65. The summed E-state index contributed by atoms with van der Waals surface area (Å²) < 4.78 is 26.9. The molecule has 0 amide bonds. The number of nitrogens with zero attached hydrogens (tertiary/aromatic N) is 1. The van der Waals surface area contributed by atoms with E-state index in [9.17, 15) is 13.2 Å². The molecule has 0 N–H and O–H groups in total. The van der Waals surface area contributed by atoms with Crippen LogP contribution in [0.5, 0.6) is 0 Å². The summed E-state index contributed by atoms with van der Waals surface area (Å²) in [4.78, 5) is 10.7. The van der Waals surface area contributed by atoms with E-state index in [0.717, 1.165) is 10.6 Å². The maximum Gasteiger partial charge on any atom is 0.325 e. The van der Waals surface area contributed by atoms with E-state index in [-0.39, 0.29) is 6.54 Å². The third-order valence-electron chi connectivity index (χ3n) is 1.47. The van der Waals surface area contributed by atoms with Crippen LogP contribution in [0.15, 0.2) is 0 Å². The van der Waals surface area contributed by atoms with E-state index in [1.54, 1.807) is 0 Å². The molecule has 1 fully saturated rings. The van der Waals surface area contributed by atoms with Crippen LogP contribution in [0.4, 0.5) is 0 Å². The molecular weight excluding hydrogens is 170 g/mol. The topological polar surface area (TPSA) is 63.5 Å². The lowest BCUT2D eigenvalue weighted by Crippen LogP contribution is -2.18. The zero-order valence-electron chi connectivity index (χ0n) is 6.27. The maximum absolute atomic E-state index is 10.7. The molecule has 0 saturated carbocycles. The highest BCUT2D eigenvalue weighted by Gasteiger charge is 2.47. The molecule has 1 aliphatic rings. The molecule has 0 aromatic carbocycles. The van der Waals surface area contributed by atoms with Gasteiger partial charge in [0.1, 0.15) is 6.04 Å². The van der Waals surface area contributed by atoms with E-state index in [0.29, 0.717) is 0 Å². The predicted molar refractivity (Wildman–Crippen MR) is 37.4 cm³/mol. The lowest BCUT2D eigenvalue weighted by atomic mass is 10.5. The van der Waals surface area contributed by atoms with E-state index in [1.165, 1.54) is 7.11 Å². The monoisotopic (exact) mass is 179 g/mol. The van der Waals surface area contributed by atoms with Crippen LogP contribution >= 0.6 is 0 Å². The van der Waals surface area contributed by atoms with E-state index < -0.39 is 22.0 Å². The highest BCUT2D eigenvalue weighted by Crippen LogP contribution is 2.21. The fraction of sp³-hybridized carbons (Fsp3) is 0.800. The highest BCUT2D eigenvalue weighted by atomic mass is 32.2. The Kier molecular flexibility index (Phi) is 1.89. The molecule has 5 nitrogen and oxygen atoms in total. The molecule has 1 heterocycles. The zero-order valence-corrected chi connectivity index (χ0v) is 7.09. The minimum absolute atomic E-state index is 0.255. The van der Waals surface area contributed by atoms with Gasteiger partial charge in [0.05, 0.1) is 13.4 Å². The fourth-order valence-corrected chi connectivity index (χ4v) is 1.78. The van der Waals surface area contributed by atoms with Crippen LogP contribution in [-0.4, -0.2) is 44.6 Å². The molecule has 64 valence electrons. The van der Waals surface area contributed by atoms with Crippen molar-refractivity contribution in [1.29, 1.82) is 0 Å². The predicted octanol–water partition coefficient (Wildman–Crippen LogP) is -1.20. The van der Waals surface area contributed by atoms with Crippen molar-refractivity contribution in [3.8, 4) is 0 Å². The normalized spacial score (nSPS) is 29.6. The van der Waals surface area contributed by atoms with Gasteiger partial charge in [-0.2, -0.15) is 4.31 Å². The lowest BCUT2D eigenvalue weighted by molar-refractivity contribution is -0.140. The minimum Gasteiger partial charge on any atom is -0.468 e. The third-order valence-corrected chi connectivity index (χ3v) is 2.72. The highest BCUT2D eigenvalue weighted by molar-refractivity contribution is 7.88. The molecule has 11 heavy (non-hydrogen) atoms. The first kappa shape index (κ1) is 8.48. The average molecular weight is 179 g/mol. The number of hydrogen-bond acceptors (Lipinski definition) is 4. The summed E-state index contributed by atoms with van der Waals surface area (Å²) in [5.41, 5.74) is 0. The standard InChI is InChI=1S/C5H9NO4S/c1-10-5(7)4-3-6(4)11(2,8)9/h4H,3H2,1-2H3. The molecule has 2 atom stereocenters. The van der Waals surface area contributed by atoms with Crippen molar-refractivity contribution in [2.24, 2.45) is 0 Å². The SMILES string of the molecule is COC(=O)C1CN1S(C)(=O)=O. The van der Waals surface area contributed by atoms with Crippen molar-refractivity contribution in [2.45, 2.75) is 6.04 Å². The lowest BCUT2D eigenvalue weighted by Gasteiger charge is -1.97. The number of sulfonamides is 1. The van der Waals surface area contributed by atoms with Crippen molar-refractivity contribution in [3.05, 3.63) is 0 Å². The number of rotatable bonds is 2. The van der Waals surface area contributed by atoms with E-state index in [4.69, 9.17) is 0 Å². The first-order valence-corrected chi connectivity index (χ1v) is 4.86. The molecule has 0 radical (unpaired) electrons. The molecule has 0 bridgehead atoms. The van der Waals surface area contributed by atoms with Gasteiger partial charge in [0.2, 0.25) is 10.0 Å². The molecule has 2 unspecified atom stereocenters. The molecule has 0 aromatic rings. The maximum atomic E-state index is 10.7. The summed E-state index contributed by atoms with van der Waals surface area (Å²) in [6, 6.07) is -0.574. The van der Waals surface area contributed by atoms with Gasteiger partial charge in [-0.25, -0.2) is 8.42 Å². The van der Waals surface area contributed by atoms with Gasteiger partial charge in [-0.05, 0) is 0 Å². The summed E-state index contributed by atoms with van der Waals surface area (Å²) in [6.45, 7) is 0.255. The summed E-state index contributed by atoms with van der Waals surface area (Å²) in [7, 11) is -1.96. The first-order chi connectivity index (χ1) is 4.96. The average Bonchev–Trinajstić information content (AvgIpc) is 2.62. The second kappa shape index (κ2) is 2.46. The molecule has 1 aliphatic heterocycles. The second-order valence-corrected chi connectivity index (χ2v) is 4.31. The van der Waals surface area contributed by atoms with Gasteiger partial charge in [-0.1, -0.05) is 0 Å². The van der Waals surface area contributed by atoms with Crippen molar-refractivity contribution < 1.29 is 17.9 Å². The van der Waals surface area contributed by atoms with Crippen LogP contribution < -0.4 is 0 Å². The first-order valence-electron chi connectivity index (χ1n) is 3.01. The number of esters is 1. The smallest absolute Gasteiger partial charge is 0.325 e. The van der Waals surface area contributed by atoms with Gasteiger partial charge in [0, 0.05) is 6.54 Å². The van der Waals surface area contributed by atoms with E-state index in [2.05, 4.69) is 4.74 Å². The van der Waals surface area contributed by atoms with Crippen molar-refractivity contribution >= 4 is 16.0 Å². The Hall–Kier alpha value is -0.620. The summed E-state index contributed by atoms with van der Waals surface area (Å²) >= 11 is 0. The number of carbonyl (C=O) groups is 1. The van der Waals surface area contributed by atoms with Gasteiger partial charge < -0.3 is 4.74 Å². The van der Waals surface area contributed by atoms with Gasteiger partial charge in [0.15, 0.2) is 0 Å². The van der Waals surface area contributed by atoms with Crippen LogP contribution in [-0.2, 0) is 19.6 Å². The molecule has 6 heteroatoms. The number of methoxy groups -OCH3 is 1. The van der Waals surface area contributed by atoms with E-state index in [1.807, 2.05) is 0 Å². The van der Waals surface area contributed by atoms with Crippen LogP contribution in [0.2, 0.25) is 0 Å². The van der Waals surface area contributed by atoms with Gasteiger partial charge in [0.25, 0.3) is 0 Å². The van der Waals surface area contributed by atoms with Gasteiger partial charge in [-0.3, -0.25) is 4.79 Å². The van der Waals surface area contributed by atoms with E-state index >= 15 is 0 Å². The second-order valence-electron chi connectivity index (χ2n) is 2.37. The van der Waals surface area contributed by atoms with Crippen LogP contribution in [0.25, 0.3) is 0 Å². The molecule has 0 aromatic heterocycles. The quantitative estimate of drug-likeness (QED) is 0.394. The van der Waals surface area contributed by atoms with Crippen molar-refractivity contribution in [3.63, 3.8) is 0 Å². The third kappa shape index (κ3) is 1.69. The Labute approximate surface area is 65.0 Å². The summed E-state index contributed by atoms with van der Waals surface area (Å²) in [5.74, 6) is -0.490. The number of ether oxygens (including phenoxy) is 1. The number of carbonyl (C=O) groups excluding carboxylic acids is 1. The summed E-state index contributed by atoms with van der Waals surface area (Å²) in [6.07, 6.45) is 1.07. The van der Waals surface area contributed by atoms with Crippen LogP contribution in [0.1, 0.15) is 0 Å². The van der Waals surface area contributed by atoms with Crippen molar-refractivity contribution in [2.75, 3.05) is 19.9 Å². The minimum atomic E-state index is -3.20. The molecule has 0 aliphatic carbocycles. The summed E-state index contributed by atoms with van der Waals surface area (Å²) in [5, 5.41) is 0. The van der Waals surface area contributed by atoms with Crippen molar-refractivity contribution in [1.82, 2.24) is 4.31 Å². The molecule has 1 saturated heterocycles. The van der Waals surface area contributed by atoms with Crippen LogP contribution in [0.3, 0.4) is 0 Å². The Morgan fingerprint density at radius 2 is 2.18 bits per heavy atom. The number of hydrogen-bond donors (Lipinski definition) is 0. The van der Waals surface area contributed by atoms with Gasteiger partial charge in [-0.15, -0.1) is 0 Å². The Morgan fingerprint density at radius 1 is 1.64 bits per heavy atom. The Morgan fingerprint density at radius 3 is 2.45 bits per heavy atom.